The van der Waals surface area contributed by atoms with Crippen LogP contribution < -0.4 is 11.8 Å². The van der Waals surface area contributed by atoms with Crippen molar-refractivity contribution in [2.24, 2.45) is 11.8 Å². The van der Waals surface area contributed by atoms with E-state index >= 15 is 0 Å². The van der Waals surface area contributed by atoms with Gasteiger partial charge in [-0.1, -0.05) is 0 Å². The van der Waals surface area contributed by atoms with Crippen LogP contribution in [-0.4, -0.2) is 11.9 Å². The zero-order valence-corrected chi connectivity index (χ0v) is 5.03. The SMILES string of the molecule is NOC(=O)C(=O)ON.[Cu]. The van der Waals surface area contributed by atoms with Crippen LogP contribution in [0.2, 0.25) is 0 Å². The van der Waals surface area contributed by atoms with Gasteiger partial charge in [0.1, 0.15) is 0 Å². The molecule has 0 saturated heterocycles. The largest absolute Gasteiger partial charge is 0.437 e. The Balaban J connectivity index is 0. The Morgan fingerprint density at radius 3 is 1.33 bits per heavy atom. The summed E-state index contributed by atoms with van der Waals surface area (Å²) in [6, 6.07) is 0. The summed E-state index contributed by atoms with van der Waals surface area (Å²) in [5.74, 6) is 5.83. The third-order valence-electron chi connectivity index (χ3n) is 0.381. The van der Waals surface area contributed by atoms with Crippen LogP contribution in [0.4, 0.5) is 0 Å². The van der Waals surface area contributed by atoms with E-state index in [9.17, 15) is 9.59 Å². The molecule has 6 nitrogen and oxygen atoms in total. The van der Waals surface area contributed by atoms with E-state index in [1.807, 2.05) is 0 Å². The number of carbonyl (C=O) groups is 2. The van der Waals surface area contributed by atoms with Gasteiger partial charge in [-0.3, -0.25) is 0 Å². The van der Waals surface area contributed by atoms with Gasteiger partial charge in [0.2, 0.25) is 0 Å². The summed E-state index contributed by atoms with van der Waals surface area (Å²) in [5.41, 5.74) is 0. The van der Waals surface area contributed by atoms with E-state index in [2.05, 4.69) is 21.5 Å². The molecule has 0 aromatic heterocycles. The van der Waals surface area contributed by atoms with Crippen molar-refractivity contribution < 1.29 is 36.3 Å². The number of carbonyl (C=O) groups excluding carboxylic acids is 2. The summed E-state index contributed by atoms with van der Waals surface area (Å²) in [4.78, 5) is 26.5. The first-order valence-electron chi connectivity index (χ1n) is 1.54. The zero-order valence-electron chi connectivity index (χ0n) is 4.09. The second-order valence-electron chi connectivity index (χ2n) is 0.811. The summed E-state index contributed by atoms with van der Waals surface area (Å²) in [6.45, 7) is 0. The van der Waals surface area contributed by atoms with Gasteiger partial charge >= 0.3 is 11.9 Å². The first-order chi connectivity index (χ1) is 3.72. The summed E-state index contributed by atoms with van der Waals surface area (Å²) in [7, 11) is 0. The van der Waals surface area contributed by atoms with Crippen LogP contribution in [0.3, 0.4) is 0 Å². The molecule has 0 fully saturated rings. The van der Waals surface area contributed by atoms with Crippen molar-refractivity contribution in [3.05, 3.63) is 0 Å². The van der Waals surface area contributed by atoms with E-state index in [0.717, 1.165) is 0 Å². The van der Waals surface area contributed by atoms with Crippen LogP contribution >= 0.6 is 0 Å². The smallest absolute Gasteiger partial charge is 0.365 e. The van der Waals surface area contributed by atoms with Gasteiger partial charge in [0.15, 0.2) is 0 Å². The van der Waals surface area contributed by atoms with E-state index in [0.29, 0.717) is 0 Å². The molecule has 0 aromatic rings. The molecule has 0 heterocycles. The van der Waals surface area contributed by atoms with Gasteiger partial charge < -0.3 is 9.68 Å². The molecular formula is C2H4CuN2O4. The van der Waals surface area contributed by atoms with Gasteiger partial charge in [-0.15, -0.1) is 0 Å². The molecule has 0 aromatic carbocycles. The van der Waals surface area contributed by atoms with Crippen molar-refractivity contribution in [1.29, 1.82) is 0 Å². The van der Waals surface area contributed by atoms with Crippen molar-refractivity contribution >= 4 is 11.9 Å². The summed E-state index contributed by atoms with van der Waals surface area (Å²) < 4.78 is 0. The van der Waals surface area contributed by atoms with Crippen molar-refractivity contribution in [2.75, 3.05) is 0 Å². The molecule has 9 heavy (non-hydrogen) atoms. The molecule has 4 N–H and O–H groups in total. The van der Waals surface area contributed by atoms with Crippen LogP contribution in [0.5, 0.6) is 0 Å². The molecular weight excluding hydrogens is 180 g/mol. The molecule has 7 heteroatoms. The molecule has 0 aliphatic carbocycles. The van der Waals surface area contributed by atoms with Gasteiger partial charge in [-0.25, -0.2) is 9.59 Å². The molecule has 0 aliphatic heterocycles. The average molecular weight is 184 g/mol. The third kappa shape index (κ3) is 3.92. The molecule has 0 rings (SSSR count). The molecule has 0 amide bonds. The van der Waals surface area contributed by atoms with E-state index in [-0.39, 0.29) is 17.1 Å². The maximum Gasteiger partial charge on any atom is 0.437 e. The van der Waals surface area contributed by atoms with Crippen molar-refractivity contribution in [3.63, 3.8) is 0 Å². The number of rotatable bonds is 0. The maximum atomic E-state index is 9.84. The van der Waals surface area contributed by atoms with Crippen LogP contribution in [0.15, 0.2) is 0 Å². The van der Waals surface area contributed by atoms with E-state index in [1.54, 1.807) is 0 Å². The Kier molecular flexibility index (Phi) is 6.87. The minimum absolute atomic E-state index is 0. The predicted molar refractivity (Wildman–Crippen MR) is 20.6 cm³/mol. The van der Waals surface area contributed by atoms with E-state index < -0.39 is 11.9 Å². The van der Waals surface area contributed by atoms with Gasteiger partial charge in [-0.05, 0) is 0 Å². The van der Waals surface area contributed by atoms with Crippen LogP contribution in [0.1, 0.15) is 0 Å². The second kappa shape index (κ2) is 5.51. The predicted octanol–water partition coefficient (Wildman–Crippen LogP) is -2.18. The topological polar surface area (TPSA) is 105 Å². The Hall–Kier alpha value is -0.621. The standard InChI is InChI=1S/C2H4N2O4.Cu/c3-7-1(5)2(6)8-4;/h3-4H2;. The van der Waals surface area contributed by atoms with Gasteiger partial charge in [0.25, 0.3) is 0 Å². The Morgan fingerprint density at radius 1 is 1.00 bits per heavy atom. The quantitative estimate of drug-likeness (QED) is 0.251. The summed E-state index contributed by atoms with van der Waals surface area (Å²) in [6.07, 6.45) is 0. The number of hydrogen-bond donors (Lipinski definition) is 2. The molecule has 57 valence electrons. The van der Waals surface area contributed by atoms with Crippen molar-refractivity contribution in [2.45, 2.75) is 0 Å². The zero-order chi connectivity index (χ0) is 6.57. The Labute approximate surface area is 60.8 Å². The number of hydrogen-bond acceptors (Lipinski definition) is 6. The maximum absolute atomic E-state index is 9.84. The fourth-order valence-corrected chi connectivity index (χ4v) is 0.0962. The molecule has 0 atom stereocenters. The fraction of sp³-hybridized carbons (Fsp3) is 0. The molecule has 0 aliphatic rings. The third-order valence-corrected chi connectivity index (χ3v) is 0.381. The molecule has 0 spiro atoms. The Bertz CT molecular complexity index is 101. The van der Waals surface area contributed by atoms with Gasteiger partial charge in [0, 0.05) is 17.1 Å². The monoisotopic (exact) mass is 183 g/mol. The van der Waals surface area contributed by atoms with Crippen LogP contribution in [0.25, 0.3) is 0 Å². The minimum Gasteiger partial charge on any atom is -0.365 e. The average Bonchev–Trinajstić information content (AvgIpc) is 1.84. The fourth-order valence-electron chi connectivity index (χ4n) is 0.0962. The molecule has 0 unspecified atom stereocenters. The minimum atomic E-state index is -1.33. The summed E-state index contributed by atoms with van der Waals surface area (Å²) >= 11 is 0. The van der Waals surface area contributed by atoms with Crippen LogP contribution in [0, 0.1) is 0 Å². The van der Waals surface area contributed by atoms with E-state index in [1.165, 1.54) is 0 Å². The molecule has 0 bridgehead atoms. The van der Waals surface area contributed by atoms with Crippen molar-refractivity contribution in [1.82, 2.24) is 0 Å². The first-order valence-corrected chi connectivity index (χ1v) is 1.54. The Morgan fingerprint density at radius 2 is 1.22 bits per heavy atom. The molecule has 1 radical (unpaired) electrons. The summed E-state index contributed by atoms with van der Waals surface area (Å²) in [5, 5.41) is 0. The van der Waals surface area contributed by atoms with E-state index in [4.69, 9.17) is 0 Å². The van der Waals surface area contributed by atoms with Gasteiger partial charge in [0.05, 0.1) is 0 Å². The number of nitrogens with two attached hydrogens (primary N) is 2. The van der Waals surface area contributed by atoms with Gasteiger partial charge in [-0.2, -0.15) is 11.8 Å². The molecule has 0 saturated carbocycles. The first kappa shape index (κ1) is 11.2. The second-order valence-corrected chi connectivity index (χ2v) is 0.811. The normalized spacial score (nSPS) is 6.89. The van der Waals surface area contributed by atoms with Crippen molar-refractivity contribution in [3.8, 4) is 0 Å². The van der Waals surface area contributed by atoms with Crippen LogP contribution in [-0.2, 0) is 36.3 Å².